The van der Waals surface area contributed by atoms with E-state index in [-0.39, 0.29) is 12.6 Å². The lowest BCUT2D eigenvalue weighted by atomic mass is 10.1. The number of hydrogen-bond donors (Lipinski definition) is 3. The van der Waals surface area contributed by atoms with Crippen LogP contribution in [0.1, 0.15) is 18.1 Å². The standard InChI is InChI=1S/C18H20ClN3O3/c1-11-7-16(8-12(2)17(11)19)25-10-20-18(24)22-15-6-4-5-14(9-15)21-13(3)23/h4-9H,10H2,1-3H3,(H,21,23)(H2,20,22,24). The van der Waals surface area contributed by atoms with Crippen LogP contribution in [0.15, 0.2) is 36.4 Å². The molecule has 0 aliphatic rings. The number of nitrogens with one attached hydrogen (secondary N) is 3. The minimum absolute atomic E-state index is 0.0116. The van der Waals surface area contributed by atoms with Crippen LogP contribution >= 0.6 is 11.6 Å². The van der Waals surface area contributed by atoms with E-state index in [1.165, 1.54) is 6.92 Å². The molecule has 0 saturated carbocycles. The lowest BCUT2D eigenvalue weighted by Crippen LogP contribution is -2.32. The van der Waals surface area contributed by atoms with Crippen molar-refractivity contribution in [3.05, 3.63) is 52.5 Å². The Hall–Kier alpha value is -2.73. The number of carbonyl (C=O) groups is 2. The summed E-state index contributed by atoms with van der Waals surface area (Å²) in [5, 5.41) is 8.63. The fourth-order valence-corrected chi connectivity index (χ4v) is 2.34. The third-order valence-electron chi connectivity index (χ3n) is 3.32. The van der Waals surface area contributed by atoms with E-state index in [0.717, 1.165) is 11.1 Å². The second-order valence-corrected chi connectivity index (χ2v) is 5.93. The van der Waals surface area contributed by atoms with Crippen molar-refractivity contribution in [3.63, 3.8) is 0 Å². The van der Waals surface area contributed by atoms with Crippen LogP contribution in [0.25, 0.3) is 0 Å². The Kier molecular flexibility index (Phi) is 6.25. The molecule has 0 bridgehead atoms. The highest BCUT2D eigenvalue weighted by molar-refractivity contribution is 6.32. The quantitative estimate of drug-likeness (QED) is 0.702. The van der Waals surface area contributed by atoms with Crippen LogP contribution in [-0.2, 0) is 4.79 Å². The van der Waals surface area contributed by atoms with E-state index in [2.05, 4.69) is 16.0 Å². The minimum atomic E-state index is -0.414. The molecule has 0 spiro atoms. The average Bonchev–Trinajstić information content (AvgIpc) is 2.52. The highest BCUT2D eigenvalue weighted by atomic mass is 35.5. The van der Waals surface area contributed by atoms with Gasteiger partial charge in [0.15, 0.2) is 6.73 Å². The van der Waals surface area contributed by atoms with Crippen molar-refractivity contribution >= 4 is 34.9 Å². The van der Waals surface area contributed by atoms with Gasteiger partial charge in [-0.2, -0.15) is 0 Å². The summed E-state index contributed by atoms with van der Waals surface area (Å²) in [6, 6.07) is 10.1. The average molecular weight is 362 g/mol. The number of ether oxygens (including phenoxy) is 1. The van der Waals surface area contributed by atoms with Crippen LogP contribution in [-0.4, -0.2) is 18.7 Å². The van der Waals surface area contributed by atoms with E-state index < -0.39 is 6.03 Å². The Balaban J connectivity index is 1.86. The first-order valence-electron chi connectivity index (χ1n) is 7.67. The molecule has 3 N–H and O–H groups in total. The molecule has 132 valence electrons. The van der Waals surface area contributed by atoms with Crippen molar-refractivity contribution in [2.24, 2.45) is 0 Å². The second kappa shape index (κ2) is 8.39. The third kappa shape index (κ3) is 5.69. The monoisotopic (exact) mass is 361 g/mol. The first-order valence-corrected chi connectivity index (χ1v) is 8.05. The predicted octanol–water partition coefficient (Wildman–Crippen LogP) is 4.07. The molecule has 2 rings (SSSR count). The Morgan fingerprint density at radius 1 is 1.04 bits per heavy atom. The van der Waals surface area contributed by atoms with Crippen molar-refractivity contribution < 1.29 is 14.3 Å². The van der Waals surface area contributed by atoms with E-state index in [9.17, 15) is 9.59 Å². The zero-order chi connectivity index (χ0) is 18.4. The number of halogens is 1. The van der Waals surface area contributed by atoms with Gasteiger partial charge in [-0.3, -0.25) is 4.79 Å². The summed E-state index contributed by atoms with van der Waals surface area (Å²) < 4.78 is 5.52. The Labute approximate surface area is 151 Å². The fourth-order valence-electron chi connectivity index (χ4n) is 2.23. The molecule has 0 unspecified atom stereocenters. The molecule has 3 amide bonds. The summed E-state index contributed by atoms with van der Waals surface area (Å²) in [6.07, 6.45) is 0. The minimum Gasteiger partial charge on any atom is -0.473 e. The van der Waals surface area contributed by atoms with Crippen LogP contribution in [0, 0.1) is 13.8 Å². The molecule has 0 heterocycles. The molecule has 0 aromatic heterocycles. The van der Waals surface area contributed by atoms with Gasteiger partial charge in [0, 0.05) is 23.3 Å². The van der Waals surface area contributed by atoms with Gasteiger partial charge in [-0.1, -0.05) is 17.7 Å². The summed E-state index contributed by atoms with van der Waals surface area (Å²) in [5.74, 6) is 0.455. The van der Waals surface area contributed by atoms with E-state index in [1.54, 1.807) is 24.3 Å². The van der Waals surface area contributed by atoms with Gasteiger partial charge in [0.2, 0.25) is 5.91 Å². The number of rotatable bonds is 5. The van der Waals surface area contributed by atoms with Gasteiger partial charge in [0.1, 0.15) is 5.75 Å². The summed E-state index contributed by atoms with van der Waals surface area (Å²) in [4.78, 5) is 23.0. The lowest BCUT2D eigenvalue weighted by molar-refractivity contribution is -0.114. The number of urea groups is 1. The molecule has 0 aliphatic heterocycles. The zero-order valence-electron chi connectivity index (χ0n) is 14.3. The maximum atomic E-state index is 11.9. The zero-order valence-corrected chi connectivity index (χ0v) is 15.0. The Morgan fingerprint density at radius 2 is 1.64 bits per heavy atom. The van der Waals surface area contributed by atoms with Crippen LogP contribution in [0.4, 0.5) is 16.2 Å². The normalized spacial score (nSPS) is 10.1. The van der Waals surface area contributed by atoms with E-state index >= 15 is 0 Å². The fraction of sp³-hybridized carbons (Fsp3) is 0.222. The maximum absolute atomic E-state index is 11.9. The molecule has 0 aliphatic carbocycles. The molecule has 6 nitrogen and oxygen atoms in total. The summed E-state index contributed by atoms with van der Waals surface area (Å²) in [5.41, 5.74) is 2.99. The first-order chi connectivity index (χ1) is 11.8. The summed E-state index contributed by atoms with van der Waals surface area (Å²) >= 11 is 6.11. The van der Waals surface area contributed by atoms with Gasteiger partial charge in [-0.15, -0.1) is 0 Å². The maximum Gasteiger partial charge on any atom is 0.321 e. The first kappa shape index (κ1) is 18.6. The number of carbonyl (C=O) groups excluding carboxylic acids is 2. The molecule has 0 saturated heterocycles. The lowest BCUT2D eigenvalue weighted by Gasteiger charge is -2.12. The Bertz CT molecular complexity index is 770. The summed E-state index contributed by atoms with van der Waals surface area (Å²) in [7, 11) is 0. The van der Waals surface area contributed by atoms with E-state index in [1.807, 2.05) is 26.0 Å². The molecular weight excluding hydrogens is 342 g/mol. The van der Waals surface area contributed by atoms with Gasteiger partial charge >= 0.3 is 6.03 Å². The van der Waals surface area contributed by atoms with Gasteiger partial charge in [-0.05, 0) is 55.3 Å². The van der Waals surface area contributed by atoms with E-state index in [4.69, 9.17) is 16.3 Å². The van der Waals surface area contributed by atoms with Crippen LogP contribution in [0.3, 0.4) is 0 Å². The van der Waals surface area contributed by atoms with Crippen molar-refractivity contribution in [3.8, 4) is 5.75 Å². The molecule has 0 atom stereocenters. The summed E-state index contributed by atoms with van der Waals surface area (Å²) in [6.45, 7) is 5.22. The van der Waals surface area contributed by atoms with Gasteiger partial charge in [0.25, 0.3) is 0 Å². The van der Waals surface area contributed by atoms with Crippen LogP contribution < -0.4 is 20.7 Å². The van der Waals surface area contributed by atoms with Gasteiger partial charge in [0.05, 0.1) is 0 Å². The topological polar surface area (TPSA) is 79.5 Å². The predicted molar refractivity (Wildman–Crippen MR) is 99.3 cm³/mol. The molecule has 2 aromatic rings. The molecule has 0 fully saturated rings. The number of amides is 3. The SMILES string of the molecule is CC(=O)Nc1cccc(NC(=O)NCOc2cc(C)c(Cl)c(C)c2)c1. The molecule has 2 aromatic carbocycles. The molecule has 7 heteroatoms. The third-order valence-corrected chi connectivity index (χ3v) is 3.92. The van der Waals surface area contributed by atoms with Crippen LogP contribution in [0.2, 0.25) is 5.02 Å². The van der Waals surface area contributed by atoms with E-state index in [0.29, 0.717) is 22.1 Å². The molecule has 0 radical (unpaired) electrons. The number of benzene rings is 2. The second-order valence-electron chi connectivity index (χ2n) is 5.55. The number of anilines is 2. The smallest absolute Gasteiger partial charge is 0.321 e. The highest BCUT2D eigenvalue weighted by Crippen LogP contribution is 2.25. The molecule has 25 heavy (non-hydrogen) atoms. The van der Waals surface area contributed by atoms with Crippen molar-refractivity contribution in [1.29, 1.82) is 0 Å². The van der Waals surface area contributed by atoms with Gasteiger partial charge < -0.3 is 20.7 Å². The van der Waals surface area contributed by atoms with Crippen LogP contribution in [0.5, 0.6) is 5.75 Å². The Morgan fingerprint density at radius 3 is 2.24 bits per heavy atom. The molecular formula is C18H20ClN3O3. The van der Waals surface area contributed by atoms with Crippen molar-refractivity contribution in [2.75, 3.05) is 17.4 Å². The number of aryl methyl sites for hydroxylation is 2. The number of hydrogen-bond acceptors (Lipinski definition) is 3. The highest BCUT2D eigenvalue weighted by Gasteiger charge is 2.06. The van der Waals surface area contributed by atoms with Gasteiger partial charge in [-0.25, -0.2) is 4.79 Å². The van der Waals surface area contributed by atoms with Crippen molar-refractivity contribution in [1.82, 2.24) is 5.32 Å². The van der Waals surface area contributed by atoms with Crippen molar-refractivity contribution in [2.45, 2.75) is 20.8 Å². The largest absolute Gasteiger partial charge is 0.473 e.